The average molecular weight is 1020 g/mol. The van der Waals surface area contributed by atoms with E-state index in [1.54, 1.807) is 0 Å². The number of rotatable bonds is 6. The topological polar surface area (TPSA) is 92.3 Å². The van der Waals surface area contributed by atoms with Crippen molar-refractivity contribution in [1.82, 2.24) is 0 Å². The van der Waals surface area contributed by atoms with Crippen LogP contribution >= 0.6 is 127 Å². The highest BCUT2D eigenvalue weighted by molar-refractivity contribution is 9.15. The second-order valence-corrected chi connectivity index (χ2v) is 16.2. The van der Waals surface area contributed by atoms with Crippen molar-refractivity contribution in [2.45, 2.75) is 9.79 Å². The standard InChI is InChI=1S/C18H8Br8N2O4S2/c19-9-5-11(15(23)17(25)13(9)21)33(29,30)27-7-1-2-8(4-3-7)28-34(31,32)12-6-10(20)14(22)18(26)16(12)24/h1-6,27-28H. The van der Waals surface area contributed by atoms with E-state index < -0.39 is 20.0 Å². The Labute approximate surface area is 263 Å². The normalized spacial score (nSPS) is 12.0. The van der Waals surface area contributed by atoms with Gasteiger partial charge in [0.2, 0.25) is 0 Å². The smallest absolute Gasteiger partial charge is 0.263 e. The van der Waals surface area contributed by atoms with Gasteiger partial charge in [-0.15, -0.1) is 0 Å². The van der Waals surface area contributed by atoms with Gasteiger partial charge in [0.15, 0.2) is 0 Å². The van der Waals surface area contributed by atoms with E-state index in [0.717, 1.165) is 0 Å². The summed E-state index contributed by atoms with van der Waals surface area (Å²) in [5.41, 5.74) is 0.501. The quantitative estimate of drug-likeness (QED) is 0.190. The Morgan fingerprint density at radius 2 is 0.765 bits per heavy atom. The minimum absolute atomic E-state index is 0.00970. The van der Waals surface area contributed by atoms with E-state index >= 15 is 0 Å². The van der Waals surface area contributed by atoms with Gasteiger partial charge in [0.1, 0.15) is 9.79 Å². The molecule has 0 amide bonds. The van der Waals surface area contributed by atoms with Crippen molar-refractivity contribution in [3.05, 3.63) is 72.2 Å². The van der Waals surface area contributed by atoms with Crippen LogP contribution in [0.2, 0.25) is 0 Å². The molecule has 0 aliphatic carbocycles. The second-order valence-electron chi connectivity index (χ2n) is 6.39. The zero-order valence-electron chi connectivity index (χ0n) is 15.9. The summed E-state index contributed by atoms with van der Waals surface area (Å²) in [6, 6.07) is 8.72. The summed E-state index contributed by atoms with van der Waals surface area (Å²) in [5, 5.41) is 0. The number of halogens is 8. The molecule has 182 valence electrons. The van der Waals surface area contributed by atoms with Crippen LogP contribution in [0.25, 0.3) is 0 Å². The number of benzene rings is 3. The van der Waals surface area contributed by atoms with Gasteiger partial charge in [-0.3, -0.25) is 9.44 Å². The van der Waals surface area contributed by atoms with Gasteiger partial charge in [0.05, 0.1) is 8.95 Å². The molecule has 34 heavy (non-hydrogen) atoms. The average Bonchev–Trinajstić information content (AvgIpc) is 2.76. The summed E-state index contributed by atoms with van der Waals surface area (Å²) < 4.78 is 60.9. The molecule has 0 aliphatic heterocycles. The van der Waals surface area contributed by atoms with Gasteiger partial charge in [-0.25, -0.2) is 16.8 Å². The molecule has 0 fully saturated rings. The minimum atomic E-state index is -3.95. The molecule has 6 nitrogen and oxygen atoms in total. The summed E-state index contributed by atoms with van der Waals surface area (Å²) in [6.07, 6.45) is 0. The van der Waals surface area contributed by atoms with Crippen molar-refractivity contribution in [3.8, 4) is 0 Å². The third-order valence-electron chi connectivity index (χ3n) is 4.11. The van der Waals surface area contributed by atoms with Crippen LogP contribution in [-0.2, 0) is 20.0 Å². The van der Waals surface area contributed by atoms with Crippen LogP contribution in [-0.4, -0.2) is 16.8 Å². The van der Waals surface area contributed by atoms with E-state index in [0.29, 0.717) is 35.8 Å². The van der Waals surface area contributed by atoms with Crippen molar-refractivity contribution in [2.24, 2.45) is 0 Å². The number of hydrogen-bond donors (Lipinski definition) is 2. The molecule has 2 N–H and O–H groups in total. The zero-order chi connectivity index (χ0) is 25.6. The van der Waals surface area contributed by atoms with E-state index in [1.165, 1.54) is 36.4 Å². The van der Waals surface area contributed by atoms with Crippen molar-refractivity contribution in [1.29, 1.82) is 0 Å². The molecule has 0 atom stereocenters. The van der Waals surface area contributed by atoms with Crippen LogP contribution in [0, 0.1) is 0 Å². The maximum absolute atomic E-state index is 12.9. The molecule has 0 aliphatic rings. The molecule has 0 heterocycles. The van der Waals surface area contributed by atoms with Crippen molar-refractivity contribution >= 4 is 159 Å². The van der Waals surface area contributed by atoms with Crippen molar-refractivity contribution in [2.75, 3.05) is 9.44 Å². The number of anilines is 2. The van der Waals surface area contributed by atoms with Crippen LogP contribution in [0.1, 0.15) is 0 Å². The highest BCUT2D eigenvalue weighted by atomic mass is 79.9. The van der Waals surface area contributed by atoms with E-state index in [2.05, 4.69) is 137 Å². The third-order valence-corrected chi connectivity index (χ3v) is 16.8. The van der Waals surface area contributed by atoms with Crippen LogP contribution in [0.15, 0.2) is 82.0 Å². The molecule has 0 saturated heterocycles. The van der Waals surface area contributed by atoms with Gasteiger partial charge in [-0.05, 0) is 164 Å². The zero-order valence-corrected chi connectivity index (χ0v) is 30.3. The molecular weight excluding hydrogens is 1010 g/mol. The van der Waals surface area contributed by atoms with E-state index in [9.17, 15) is 16.8 Å². The van der Waals surface area contributed by atoms with Crippen LogP contribution in [0.3, 0.4) is 0 Å². The molecule has 0 unspecified atom stereocenters. The molecule has 0 radical (unpaired) electrons. The molecule has 3 aromatic rings. The van der Waals surface area contributed by atoms with Gasteiger partial charge in [-0.1, -0.05) is 0 Å². The minimum Gasteiger partial charge on any atom is -0.280 e. The summed E-state index contributed by atoms with van der Waals surface area (Å²) in [6.45, 7) is 0. The number of sulfonamides is 2. The fraction of sp³-hybridized carbons (Fsp3) is 0. The number of nitrogens with one attached hydrogen (secondary N) is 2. The van der Waals surface area contributed by atoms with Gasteiger partial charge < -0.3 is 0 Å². The van der Waals surface area contributed by atoms with Gasteiger partial charge in [0.25, 0.3) is 20.0 Å². The molecule has 0 spiro atoms. The van der Waals surface area contributed by atoms with Gasteiger partial charge >= 0.3 is 0 Å². The first-order chi connectivity index (χ1) is 15.7. The summed E-state index contributed by atoms with van der Waals surface area (Å²) in [5.74, 6) is 0. The molecule has 3 rings (SSSR count). The van der Waals surface area contributed by atoms with Crippen molar-refractivity contribution < 1.29 is 16.8 Å². The fourth-order valence-electron chi connectivity index (χ4n) is 2.52. The third kappa shape index (κ3) is 6.34. The summed E-state index contributed by atoms with van der Waals surface area (Å²) in [4.78, 5) is 0.0194. The Bertz CT molecular complexity index is 1400. The fourth-order valence-corrected chi connectivity index (χ4v) is 10.7. The molecule has 0 aromatic heterocycles. The summed E-state index contributed by atoms with van der Waals surface area (Å²) in [7, 11) is -7.91. The lowest BCUT2D eigenvalue weighted by Gasteiger charge is -2.14. The van der Waals surface area contributed by atoms with Crippen LogP contribution < -0.4 is 9.44 Å². The second kappa shape index (κ2) is 11.4. The lowest BCUT2D eigenvalue weighted by atomic mass is 10.3. The number of hydrogen-bond acceptors (Lipinski definition) is 4. The predicted octanol–water partition coefficient (Wildman–Crippen LogP) is 9.39. The lowest BCUT2D eigenvalue weighted by Crippen LogP contribution is -2.15. The van der Waals surface area contributed by atoms with Crippen LogP contribution in [0.5, 0.6) is 0 Å². The maximum atomic E-state index is 12.9. The molecule has 0 saturated carbocycles. The lowest BCUT2D eigenvalue weighted by molar-refractivity contribution is 0.598. The first-order valence-electron chi connectivity index (χ1n) is 8.47. The van der Waals surface area contributed by atoms with E-state index in [1.807, 2.05) is 0 Å². The van der Waals surface area contributed by atoms with Gasteiger partial charge in [0, 0.05) is 38.2 Å². The SMILES string of the molecule is O=S(=O)(Nc1ccc(NS(=O)(=O)c2cc(Br)c(Br)c(Br)c2Br)cc1)c1cc(Br)c(Br)c(Br)c1Br. The van der Waals surface area contributed by atoms with E-state index in [4.69, 9.17) is 0 Å². The largest absolute Gasteiger partial charge is 0.280 e. The van der Waals surface area contributed by atoms with Gasteiger partial charge in [-0.2, -0.15) is 0 Å². The Kier molecular flexibility index (Phi) is 9.91. The predicted molar refractivity (Wildman–Crippen MR) is 163 cm³/mol. The monoisotopic (exact) mass is 1010 g/mol. The highest BCUT2D eigenvalue weighted by Crippen LogP contribution is 2.42. The summed E-state index contributed by atoms with van der Waals surface area (Å²) >= 11 is 26.6. The molecule has 16 heteroatoms. The Balaban J connectivity index is 1.87. The first-order valence-corrected chi connectivity index (χ1v) is 17.8. The maximum Gasteiger partial charge on any atom is 0.263 e. The molecule has 0 bridgehead atoms. The van der Waals surface area contributed by atoms with E-state index in [-0.39, 0.29) is 21.2 Å². The van der Waals surface area contributed by atoms with Crippen LogP contribution in [0.4, 0.5) is 11.4 Å². The Morgan fingerprint density at radius 3 is 1.06 bits per heavy atom. The molecule has 3 aromatic carbocycles. The Hall–Kier alpha value is 1.00. The molecular formula is C18H8Br8N2O4S2. The Morgan fingerprint density at radius 1 is 0.471 bits per heavy atom. The highest BCUT2D eigenvalue weighted by Gasteiger charge is 2.24. The first kappa shape index (κ1) is 29.6. The van der Waals surface area contributed by atoms with Crippen molar-refractivity contribution in [3.63, 3.8) is 0 Å².